The van der Waals surface area contributed by atoms with Crippen LogP contribution in [0.1, 0.15) is 24.1 Å². The van der Waals surface area contributed by atoms with Crippen molar-refractivity contribution in [3.05, 3.63) is 51.8 Å². The Kier molecular flexibility index (Phi) is 4.00. The predicted molar refractivity (Wildman–Crippen MR) is 83.2 cm³/mol. The van der Waals surface area contributed by atoms with E-state index >= 15 is 0 Å². The lowest BCUT2D eigenvalue weighted by Gasteiger charge is -2.31. The highest BCUT2D eigenvalue weighted by atomic mass is 16.5. The second-order valence-corrected chi connectivity index (χ2v) is 5.24. The standard InChI is InChI=1S/C16H16N4O3/c1-2-20-15(22)6-5-14(19-20)18-16-11-7-10(8-17)3-4-13(11)23-9-12(16)21/h3-7,12,16,21H,2,9H2,1H3,(H,18,19). The van der Waals surface area contributed by atoms with Crippen molar-refractivity contribution < 1.29 is 9.84 Å². The minimum Gasteiger partial charge on any atom is -0.490 e. The topological polar surface area (TPSA) is 100 Å². The number of aliphatic hydroxyl groups excluding tert-OH is 1. The van der Waals surface area contributed by atoms with Crippen LogP contribution < -0.4 is 15.6 Å². The molecule has 0 aliphatic carbocycles. The van der Waals surface area contributed by atoms with Gasteiger partial charge in [0.1, 0.15) is 24.3 Å². The molecule has 0 spiro atoms. The van der Waals surface area contributed by atoms with Crippen LogP contribution in [0.4, 0.5) is 5.82 Å². The van der Waals surface area contributed by atoms with E-state index in [0.717, 1.165) is 0 Å². The van der Waals surface area contributed by atoms with Crippen molar-refractivity contribution in [2.45, 2.75) is 25.6 Å². The van der Waals surface area contributed by atoms with E-state index in [9.17, 15) is 9.90 Å². The molecule has 1 aliphatic heterocycles. The Bertz CT molecular complexity index is 825. The number of hydrogen-bond donors (Lipinski definition) is 2. The van der Waals surface area contributed by atoms with Crippen LogP contribution in [-0.2, 0) is 6.54 Å². The smallest absolute Gasteiger partial charge is 0.266 e. The number of aryl methyl sites for hydroxylation is 1. The van der Waals surface area contributed by atoms with Gasteiger partial charge in [-0.2, -0.15) is 10.4 Å². The number of nitriles is 1. The average Bonchev–Trinajstić information content (AvgIpc) is 2.58. The number of nitrogens with one attached hydrogen (secondary N) is 1. The first kappa shape index (κ1) is 15.1. The number of aliphatic hydroxyl groups is 1. The van der Waals surface area contributed by atoms with Crippen LogP contribution in [0.2, 0.25) is 0 Å². The van der Waals surface area contributed by atoms with Gasteiger partial charge in [-0.25, -0.2) is 4.68 Å². The van der Waals surface area contributed by atoms with E-state index < -0.39 is 12.1 Å². The lowest BCUT2D eigenvalue weighted by atomic mass is 9.96. The highest BCUT2D eigenvalue weighted by Gasteiger charge is 2.30. The summed E-state index contributed by atoms with van der Waals surface area (Å²) in [7, 11) is 0. The summed E-state index contributed by atoms with van der Waals surface area (Å²) in [6.45, 7) is 2.43. The van der Waals surface area contributed by atoms with Crippen LogP contribution in [0.15, 0.2) is 35.1 Å². The van der Waals surface area contributed by atoms with Crippen molar-refractivity contribution in [2.24, 2.45) is 0 Å². The van der Waals surface area contributed by atoms with Crippen LogP contribution in [0, 0.1) is 11.3 Å². The zero-order valence-electron chi connectivity index (χ0n) is 12.6. The molecule has 7 nitrogen and oxygen atoms in total. The van der Waals surface area contributed by atoms with E-state index in [-0.39, 0.29) is 12.2 Å². The number of fused-ring (bicyclic) bond motifs is 1. The third-order valence-corrected chi connectivity index (χ3v) is 3.74. The third kappa shape index (κ3) is 2.89. The molecule has 1 aromatic heterocycles. The summed E-state index contributed by atoms with van der Waals surface area (Å²) in [6, 6.07) is 9.68. The Morgan fingerprint density at radius 3 is 3.04 bits per heavy atom. The van der Waals surface area contributed by atoms with Crippen LogP contribution in [0.5, 0.6) is 5.75 Å². The van der Waals surface area contributed by atoms with E-state index in [1.54, 1.807) is 24.3 Å². The van der Waals surface area contributed by atoms with Crippen molar-refractivity contribution in [1.29, 1.82) is 5.26 Å². The van der Waals surface area contributed by atoms with Crippen LogP contribution >= 0.6 is 0 Å². The summed E-state index contributed by atoms with van der Waals surface area (Å²) in [5, 5.41) is 26.7. The Morgan fingerprint density at radius 1 is 1.48 bits per heavy atom. The molecular weight excluding hydrogens is 296 g/mol. The number of aromatic nitrogens is 2. The van der Waals surface area contributed by atoms with Gasteiger partial charge in [-0.15, -0.1) is 0 Å². The molecule has 0 radical (unpaired) electrons. The largest absolute Gasteiger partial charge is 0.490 e. The first-order valence-corrected chi connectivity index (χ1v) is 7.32. The molecule has 0 amide bonds. The second-order valence-electron chi connectivity index (χ2n) is 5.24. The maximum absolute atomic E-state index is 11.6. The highest BCUT2D eigenvalue weighted by molar-refractivity contribution is 5.49. The Morgan fingerprint density at radius 2 is 2.30 bits per heavy atom. The van der Waals surface area contributed by atoms with Crippen LogP contribution in [0.3, 0.4) is 0 Å². The number of hydrogen-bond acceptors (Lipinski definition) is 6. The summed E-state index contributed by atoms with van der Waals surface area (Å²) in [4.78, 5) is 11.6. The van der Waals surface area contributed by atoms with Crippen molar-refractivity contribution in [1.82, 2.24) is 9.78 Å². The first-order valence-electron chi connectivity index (χ1n) is 7.32. The number of anilines is 1. The summed E-state index contributed by atoms with van der Waals surface area (Å²) in [5.74, 6) is 1.10. The number of ether oxygens (including phenoxy) is 1. The summed E-state index contributed by atoms with van der Waals surface area (Å²) < 4.78 is 6.83. The van der Waals surface area contributed by atoms with Gasteiger partial charge in [-0.1, -0.05) is 0 Å². The second kappa shape index (κ2) is 6.10. The van der Waals surface area contributed by atoms with Crippen LogP contribution in [0.25, 0.3) is 0 Å². The average molecular weight is 312 g/mol. The van der Waals surface area contributed by atoms with E-state index in [4.69, 9.17) is 10.00 Å². The molecule has 1 aliphatic rings. The molecule has 0 saturated carbocycles. The molecule has 0 fully saturated rings. The van der Waals surface area contributed by atoms with Crippen molar-refractivity contribution >= 4 is 5.82 Å². The third-order valence-electron chi connectivity index (χ3n) is 3.74. The Hall–Kier alpha value is -2.85. The lowest BCUT2D eigenvalue weighted by molar-refractivity contribution is 0.0737. The molecule has 2 N–H and O–H groups in total. The van der Waals surface area contributed by atoms with Gasteiger partial charge in [0.25, 0.3) is 5.56 Å². The van der Waals surface area contributed by atoms with Gasteiger partial charge in [-0.05, 0) is 31.2 Å². The predicted octanol–water partition coefficient (Wildman–Crippen LogP) is 1.04. The molecule has 0 saturated heterocycles. The fourth-order valence-corrected chi connectivity index (χ4v) is 2.56. The van der Waals surface area contributed by atoms with E-state index in [2.05, 4.69) is 16.5 Å². The van der Waals surface area contributed by atoms with Crippen molar-refractivity contribution in [2.75, 3.05) is 11.9 Å². The van der Waals surface area contributed by atoms with Crippen LogP contribution in [-0.4, -0.2) is 27.6 Å². The van der Waals surface area contributed by atoms with Gasteiger partial charge >= 0.3 is 0 Å². The fourth-order valence-electron chi connectivity index (χ4n) is 2.56. The molecule has 1 aromatic carbocycles. The lowest BCUT2D eigenvalue weighted by Crippen LogP contribution is -2.36. The van der Waals surface area contributed by atoms with Gasteiger partial charge in [0, 0.05) is 18.2 Å². The first-order chi connectivity index (χ1) is 11.1. The van der Waals surface area contributed by atoms with Gasteiger partial charge in [0.15, 0.2) is 0 Å². The Balaban J connectivity index is 1.97. The number of rotatable bonds is 3. The minimum absolute atomic E-state index is 0.143. The number of benzene rings is 1. The molecule has 23 heavy (non-hydrogen) atoms. The molecule has 118 valence electrons. The maximum atomic E-state index is 11.6. The molecule has 7 heteroatoms. The van der Waals surface area contributed by atoms with E-state index in [0.29, 0.717) is 29.2 Å². The minimum atomic E-state index is -0.791. The normalized spacial score (nSPS) is 19.3. The summed E-state index contributed by atoms with van der Waals surface area (Å²) in [5.41, 5.74) is 0.997. The molecule has 3 rings (SSSR count). The quantitative estimate of drug-likeness (QED) is 0.878. The van der Waals surface area contributed by atoms with Gasteiger partial charge in [-0.3, -0.25) is 4.79 Å². The van der Waals surface area contributed by atoms with E-state index in [1.807, 2.05) is 6.92 Å². The fraction of sp³-hybridized carbons (Fsp3) is 0.312. The zero-order valence-corrected chi connectivity index (χ0v) is 12.6. The maximum Gasteiger partial charge on any atom is 0.266 e. The monoisotopic (exact) mass is 312 g/mol. The zero-order chi connectivity index (χ0) is 16.4. The number of nitrogens with zero attached hydrogens (tertiary/aromatic N) is 3. The summed E-state index contributed by atoms with van der Waals surface area (Å²) in [6.07, 6.45) is -0.791. The van der Waals surface area contributed by atoms with Crippen molar-refractivity contribution in [3.63, 3.8) is 0 Å². The van der Waals surface area contributed by atoms with Gasteiger partial charge in [0.05, 0.1) is 17.7 Å². The molecule has 2 heterocycles. The SMILES string of the molecule is CCn1nc(NC2c3cc(C#N)ccc3OCC2O)ccc1=O. The van der Waals surface area contributed by atoms with Gasteiger partial charge < -0.3 is 15.2 Å². The highest BCUT2D eigenvalue weighted by Crippen LogP contribution is 2.34. The molecule has 2 atom stereocenters. The summed E-state index contributed by atoms with van der Waals surface area (Å²) >= 11 is 0. The Labute approximate surface area is 132 Å². The molecule has 2 aromatic rings. The van der Waals surface area contributed by atoms with E-state index in [1.165, 1.54) is 10.7 Å². The molecular formula is C16H16N4O3. The molecule has 2 unspecified atom stereocenters. The van der Waals surface area contributed by atoms with Crippen molar-refractivity contribution in [3.8, 4) is 11.8 Å². The molecule has 0 bridgehead atoms. The van der Waals surface area contributed by atoms with Gasteiger partial charge in [0.2, 0.25) is 0 Å².